The van der Waals surface area contributed by atoms with Gasteiger partial charge in [0.15, 0.2) is 0 Å². The van der Waals surface area contributed by atoms with Crippen molar-refractivity contribution in [3.63, 3.8) is 0 Å². The lowest BCUT2D eigenvalue weighted by Crippen LogP contribution is -2.61. The van der Waals surface area contributed by atoms with Crippen LogP contribution in [0.15, 0.2) is 0 Å². The van der Waals surface area contributed by atoms with E-state index in [9.17, 15) is 19.2 Å². The Kier molecular flexibility index (Phi) is 5.71. The average molecular weight is 358 g/mol. The molecule has 0 radical (unpaired) electrons. The second-order valence-corrected chi connectivity index (χ2v) is 7.71. The summed E-state index contributed by atoms with van der Waals surface area (Å²) in [6, 6.07) is 0. The summed E-state index contributed by atoms with van der Waals surface area (Å²) in [5, 5.41) is 2.26. The molecule has 1 aliphatic rings. The van der Waals surface area contributed by atoms with Crippen molar-refractivity contribution in [2.24, 2.45) is 0 Å². The number of carbonyl (C=O) groups excluding carboxylic acids is 4. The number of amides is 3. The van der Waals surface area contributed by atoms with Gasteiger partial charge in [0.25, 0.3) is 5.91 Å². The lowest BCUT2D eigenvalue weighted by Gasteiger charge is -2.28. The molecular formula is C16H26N2O7. The van der Waals surface area contributed by atoms with Crippen molar-refractivity contribution in [3.8, 4) is 0 Å². The van der Waals surface area contributed by atoms with Gasteiger partial charge in [-0.1, -0.05) is 0 Å². The lowest BCUT2D eigenvalue weighted by molar-refractivity contribution is -0.153. The van der Waals surface area contributed by atoms with E-state index in [1.807, 2.05) is 0 Å². The summed E-state index contributed by atoms with van der Waals surface area (Å²) < 4.78 is 14.9. The molecule has 3 amide bonds. The molecule has 1 rings (SSSR count). The van der Waals surface area contributed by atoms with E-state index in [-0.39, 0.29) is 13.0 Å². The van der Waals surface area contributed by atoms with Gasteiger partial charge < -0.3 is 14.2 Å². The van der Waals surface area contributed by atoms with Gasteiger partial charge >= 0.3 is 18.2 Å². The maximum atomic E-state index is 12.7. The first-order chi connectivity index (χ1) is 11.2. The smallest absolute Gasteiger partial charge is 0.417 e. The number of nitrogens with one attached hydrogen (secondary N) is 1. The minimum Gasteiger partial charge on any atom is -0.467 e. The van der Waals surface area contributed by atoms with Gasteiger partial charge in [0, 0.05) is 13.0 Å². The fourth-order valence-corrected chi connectivity index (χ4v) is 2.22. The van der Waals surface area contributed by atoms with Crippen LogP contribution >= 0.6 is 0 Å². The maximum absolute atomic E-state index is 12.7. The van der Waals surface area contributed by atoms with Crippen molar-refractivity contribution in [1.82, 2.24) is 10.2 Å². The van der Waals surface area contributed by atoms with Crippen molar-refractivity contribution in [3.05, 3.63) is 0 Å². The Morgan fingerprint density at radius 3 is 2.00 bits per heavy atom. The Hall–Kier alpha value is -2.32. The Balaban J connectivity index is 3.04. The summed E-state index contributed by atoms with van der Waals surface area (Å²) in [5.41, 5.74) is -3.66. The first kappa shape index (κ1) is 20.7. The molecule has 1 heterocycles. The van der Waals surface area contributed by atoms with Crippen molar-refractivity contribution in [2.45, 2.75) is 64.7 Å². The standard InChI is InChI=1S/C16H26N2O7/c1-14(2,3)24-12(21)17-16(11(20)23-7)8-9-18(10(16)19)13(22)25-15(4,5)6/h8-9H2,1-7H3,(H,17,21)/t16-/m0/s1. The third-order valence-corrected chi connectivity index (χ3v) is 3.18. The zero-order chi connectivity index (χ0) is 19.6. The molecule has 1 N–H and O–H groups in total. The zero-order valence-corrected chi connectivity index (χ0v) is 15.7. The van der Waals surface area contributed by atoms with E-state index in [0.717, 1.165) is 12.0 Å². The van der Waals surface area contributed by atoms with Crippen LogP contribution in [0.1, 0.15) is 48.0 Å². The minimum atomic E-state index is -2.02. The van der Waals surface area contributed by atoms with Crippen LogP contribution in [0, 0.1) is 0 Å². The van der Waals surface area contributed by atoms with Crippen LogP contribution in [-0.2, 0) is 23.8 Å². The fraction of sp³-hybridized carbons (Fsp3) is 0.750. The van der Waals surface area contributed by atoms with Gasteiger partial charge in [-0.15, -0.1) is 0 Å². The van der Waals surface area contributed by atoms with E-state index >= 15 is 0 Å². The van der Waals surface area contributed by atoms with Gasteiger partial charge in [-0.3, -0.25) is 10.1 Å². The highest BCUT2D eigenvalue weighted by Gasteiger charge is 2.57. The van der Waals surface area contributed by atoms with Crippen molar-refractivity contribution in [2.75, 3.05) is 13.7 Å². The van der Waals surface area contributed by atoms with E-state index in [0.29, 0.717) is 0 Å². The van der Waals surface area contributed by atoms with Crippen LogP contribution in [0.25, 0.3) is 0 Å². The van der Waals surface area contributed by atoms with Crippen LogP contribution < -0.4 is 5.32 Å². The molecule has 0 saturated carbocycles. The third kappa shape index (κ3) is 5.07. The quantitative estimate of drug-likeness (QED) is 0.453. The van der Waals surface area contributed by atoms with E-state index in [1.54, 1.807) is 41.5 Å². The molecule has 9 nitrogen and oxygen atoms in total. The van der Waals surface area contributed by atoms with Gasteiger partial charge in [-0.05, 0) is 41.5 Å². The second kappa shape index (κ2) is 6.89. The predicted octanol–water partition coefficient (Wildman–Crippen LogP) is 1.59. The molecule has 0 bridgehead atoms. The highest BCUT2D eigenvalue weighted by atomic mass is 16.6. The number of ether oxygens (including phenoxy) is 3. The van der Waals surface area contributed by atoms with Crippen molar-refractivity contribution in [1.29, 1.82) is 0 Å². The van der Waals surface area contributed by atoms with Gasteiger partial charge in [-0.2, -0.15) is 0 Å². The fourth-order valence-electron chi connectivity index (χ4n) is 2.22. The number of carbonyl (C=O) groups is 4. The first-order valence-corrected chi connectivity index (χ1v) is 7.86. The van der Waals surface area contributed by atoms with E-state index < -0.39 is 40.8 Å². The molecule has 0 aromatic rings. The molecule has 142 valence electrons. The molecule has 0 aromatic carbocycles. The Morgan fingerprint density at radius 1 is 1.04 bits per heavy atom. The number of alkyl carbamates (subject to hydrolysis) is 1. The SMILES string of the molecule is COC(=O)[C@]1(NC(=O)OC(C)(C)C)CCN(C(=O)OC(C)(C)C)C1=O. The lowest BCUT2D eigenvalue weighted by atomic mass is 9.98. The van der Waals surface area contributed by atoms with Crippen molar-refractivity contribution >= 4 is 24.1 Å². The number of esters is 1. The maximum Gasteiger partial charge on any atom is 0.417 e. The molecular weight excluding hydrogens is 332 g/mol. The summed E-state index contributed by atoms with van der Waals surface area (Å²) >= 11 is 0. The number of nitrogens with zero attached hydrogens (tertiary/aromatic N) is 1. The number of imide groups is 1. The summed E-state index contributed by atoms with van der Waals surface area (Å²) in [6.07, 6.45) is -2.00. The highest BCUT2D eigenvalue weighted by molar-refractivity contribution is 6.14. The minimum absolute atomic E-state index is 0.0986. The van der Waals surface area contributed by atoms with E-state index in [4.69, 9.17) is 9.47 Å². The number of likely N-dealkylation sites (tertiary alicyclic amines) is 1. The molecule has 25 heavy (non-hydrogen) atoms. The van der Waals surface area contributed by atoms with Gasteiger partial charge in [0.05, 0.1) is 7.11 Å². The molecule has 0 unspecified atom stereocenters. The predicted molar refractivity (Wildman–Crippen MR) is 86.7 cm³/mol. The van der Waals surface area contributed by atoms with Gasteiger partial charge in [0.2, 0.25) is 5.54 Å². The normalized spacial score (nSPS) is 20.9. The summed E-state index contributed by atoms with van der Waals surface area (Å²) in [6.45, 7) is 9.77. The van der Waals surface area contributed by atoms with Crippen LogP contribution in [0.2, 0.25) is 0 Å². The van der Waals surface area contributed by atoms with E-state index in [2.05, 4.69) is 10.1 Å². The molecule has 9 heteroatoms. The van der Waals surface area contributed by atoms with Crippen molar-refractivity contribution < 1.29 is 33.4 Å². The van der Waals surface area contributed by atoms with Crippen LogP contribution in [-0.4, -0.2) is 59.4 Å². The molecule has 1 fully saturated rings. The largest absolute Gasteiger partial charge is 0.467 e. The summed E-state index contributed by atoms with van der Waals surface area (Å²) in [5.74, 6) is -1.89. The number of rotatable bonds is 2. The molecule has 0 spiro atoms. The molecule has 0 aliphatic carbocycles. The van der Waals surface area contributed by atoms with Gasteiger partial charge in [-0.25, -0.2) is 19.3 Å². The second-order valence-electron chi connectivity index (χ2n) is 7.71. The molecule has 1 aliphatic heterocycles. The van der Waals surface area contributed by atoms with Crippen LogP contribution in [0.4, 0.5) is 9.59 Å². The molecule has 1 saturated heterocycles. The van der Waals surface area contributed by atoms with Crippen LogP contribution in [0.5, 0.6) is 0 Å². The number of hydrogen-bond donors (Lipinski definition) is 1. The molecule has 0 aromatic heterocycles. The van der Waals surface area contributed by atoms with E-state index in [1.165, 1.54) is 0 Å². The first-order valence-electron chi connectivity index (χ1n) is 7.86. The monoisotopic (exact) mass is 358 g/mol. The Bertz CT molecular complexity index is 574. The third-order valence-electron chi connectivity index (χ3n) is 3.18. The highest BCUT2D eigenvalue weighted by Crippen LogP contribution is 2.27. The summed E-state index contributed by atoms with van der Waals surface area (Å²) in [7, 11) is 1.09. The topological polar surface area (TPSA) is 111 Å². The number of methoxy groups -OCH3 is 1. The zero-order valence-electron chi connectivity index (χ0n) is 15.7. The van der Waals surface area contributed by atoms with Gasteiger partial charge in [0.1, 0.15) is 11.2 Å². The average Bonchev–Trinajstić information content (AvgIpc) is 2.72. The summed E-state index contributed by atoms with van der Waals surface area (Å²) in [4.78, 5) is 49.9. The molecule has 1 atom stereocenters. The number of hydrogen-bond acceptors (Lipinski definition) is 7. The Labute approximate surface area is 147 Å². The Morgan fingerprint density at radius 2 is 1.56 bits per heavy atom. The van der Waals surface area contributed by atoms with Crippen LogP contribution in [0.3, 0.4) is 0 Å².